The van der Waals surface area contributed by atoms with Crippen molar-refractivity contribution in [3.05, 3.63) is 51.5 Å². The average Bonchev–Trinajstić information content (AvgIpc) is 2.91. The molecule has 0 bridgehead atoms. The summed E-state index contributed by atoms with van der Waals surface area (Å²) < 4.78 is 44.8. The number of fused-ring (bicyclic) bond motifs is 1. The molecule has 3 rings (SSSR count). The molecule has 4 N–H and O–H groups in total. The van der Waals surface area contributed by atoms with Crippen molar-refractivity contribution in [2.45, 2.75) is 12.1 Å². The molecule has 10 heteroatoms. The van der Waals surface area contributed by atoms with Crippen LogP contribution in [-0.2, 0) is 6.18 Å². The third-order valence-electron chi connectivity index (χ3n) is 3.52. The normalized spacial score (nSPS) is 17.2. The fourth-order valence-corrected chi connectivity index (χ4v) is 2.71. The number of hydrogen-bond donors (Lipinski definition) is 3. The average molecular weight is 357 g/mol. The summed E-state index contributed by atoms with van der Waals surface area (Å²) in [5, 5.41) is 24.9. The van der Waals surface area contributed by atoms with Crippen molar-refractivity contribution in [2.24, 2.45) is 5.73 Å². The van der Waals surface area contributed by atoms with Gasteiger partial charge in [-0.2, -0.15) is 18.4 Å². The maximum Gasteiger partial charge on any atom is 0.433 e. The van der Waals surface area contributed by atoms with Crippen LogP contribution in [0.25, 0.3) is 0 Å². The first kappa shape index (κ1) is 16.0. The summed E-state index contributed by atoms with van der Waals surface area (Å²) in [6.45, 7) is 0. The van der Waals surface area contributed by atoms with E-state index in [2.05, 4.69) is 5.10 Å². The zero-order chi connectivity index (χ0) is 17.6. The Morgan fingerprint density at radius 1 is 1.42 bits per heavy atom. The zero-order valence-electron chi connectivity index (χ0n) is 11.6. The highest BCUT2D eigenvalue weighted by atomic mass is 35.5. The number of nitriles is 1. The van der Waals surface area contributed by atoms with E-state index in [-0.39, 0.29) is 21.9 Å². The first-order chi connectivity index (χ1) is 11.2. The van der Waals surface area contributed by atoms with Gasteiger partial charge in [0.1, 0.15) is 23.1 Å². The summed E-state index contributed by atoms with van der Waals surface area (Å²) in [7, 11) is 0. The Morgan fingerprint density at radius 2 is 2.12 bits per heavy atom. The standard InChI is InChI=1S/C14H8ClF3N4O2/c15-5-1-2-8(23)6(3-5)9-7(4-19)12(20)24-13-10(9)11(21-22-13)14(16,17)18/h1-3,9,23H,20H2,(H,21,22)/t9-/m1/s1. The molecule has 0 aliphatic carbocycles. The van der Waals surface area contributed by atoms with Gasteiger partial charge in [0.05, 0.1) is 11.5 Å². The summed E-state index contributed by atoms with van der Waals surface area (Å²) in [6, 6.07) is 5.56. The van der Waals surface area contributed by atoms with Crippen LogP contribution >= 0.6 is 11.6 Å². The minimum Gasteiger partial charge on any atom is -0.508 e. The molecule has 0 spiro atoms. The second-order valence-electron chi connectivity index (χ2n) is 4.94. The Labute approximate surface area is 137 Å². The lowest BCUT2D eigenvalue weighted by Crippen LogP contribution is -2.23. The molecule has 0 unspecified atom stereocenters. The lowest BCUT2D eigenvalue weighted by Gasteiger charge is -2.25. The number of aromatic amines is 1. The quantitative estimate of drug-likeness (QED) is 0.728. The van der Waals surface area contributed by atoms with Gasteiger partial charge in [-0.25, -0.2) is 0 Å². The van der Waals surface area contributed by atoms with Gasteiger partial charge in [0.2, 0.25) is 11.8 Å². The topological polar surface area (TPSA) is 108 Å². The number of aromatic nitrogens is 2. The van der Waals surface area contributed by atoms with Gasteiger partial charge < -0.3 is 15.6 Å². The largest absolute Gasteiger partial charge is 0.508 e. The zero-order valence-corrected chi connectivity index (χ0v) is 12.4. The van der Waals surface area contributed by atoms with Crippen LogP contribution in [0.15, 0.2) is 29.7 Å². The third kappa shape index (κ3) is 2.41. The number of H-pyrrole nitrogens is 1. The molecule has 6 nitrogen and oxygen atoms in total. The highest BCUT2D eigenvalue weighted by Crippen LogP contribution is 2.48. The summed E-state index contributed by atoms with van der Waals surface area (Å²) in [5.41, 5.74) is 3.69. The fourth-order valence-electron chi connectivity index (χ4n) is 2.53. The highest BCUT2D eigenvalue weighted by molar-refractivity contribution is 6.30. The van der Waals surface area contributed by atoms with Crippen molar-refractivity contribution >= 4 is 11.6 Å². The molecular formula is C14H8ClF3N4O2. The summed E-state index contributed by atoms with van der Waals surface area (Å²) in [4.78, 5) is 0. The smallest absolute Gasteiger partial charge is 0.433 e. The van der Waals surface area contributed by atoms with Crippen molar-refractivity contribution in [1.82, 2.24) is 10.2 Å². The molecule has 0 fully saturated rings. The van der Waals surface area contributed by atoms with Crippen molar-refractivity contribution in [3.8, 4) is 17.7 Å². The van der Waals surface area contributed by atoms with Crippen molar-refractivity contribution in [3.63, 3.8) is 0 Å². The van der Waals surface area contributed by atoms with Crippen LogP contribution in [0, 0.1) is 11.3 Å². The Morgan fingerprint density at radius 3 is 2.75 bits per heavy atom. The van der Waals surface area contributed by atoms with Gasteiger partial charge in [0.25, 0.3) is 0 Å². The van der Waals surface area contributed by atoms with E-state index in [1.54, 1.807) is 6.07 Å². The summed E-state index contributed by atoms with van der Waals surface area (Å²) in [5.74, 6) is -2.47. The fraction of sp³-hybridized carbons (Fsp3) is 0.143. The molecule has 1 aromatic carbocycles. The van der Waals surface area contributed by atoms with E-state index in [9.17, 15) is 23.5 Å². The van der Waals surface area contributed by atoms with Crippen LogP contribution in [0.3, 0.4) is 0 Å². The van der Waals surface area contributed by atoms with Gasteiger partial charge in [-0.15, -0.1) is 5.10 Å². The molecule has 1 atom stereocenters. The Balaban J connectivity index is 2.33. The van der Waals surface area contributed by atoms with E-state index in [4.69, 9.17) is 22.1 Å². The Hall–Kier alpha value is -2.86. The van der Waals surface area contributed by atoms with Crippen molar-refractivity contribution in [2.75, 3.05) is 0 Å². The van der Waals surface area contributed by atoms with Crippen LogP contribution in [0.5, 0.6) is 11.6 Å². The predicted octanol–water partition coefficient (Wildman–Crippen LogP) is 3.01. The van der Waals surface area contributed by atoms with Gasteiger partial charge in [0.15, 0.2) is 0 Å². The number of alkyl halides is 3. The molecule has 124 valence electrons. The van der Waals surface area contributed by atoms with Crippen molar-refractivity contribution in [1.29, 1.82) is 5.26 Å². The first-order valence-corrected chi connectivity index (χ1v) is 6.83. The highest BCUT2D eigenvalue weighted by Gasteiger charge is 2.45. The first-order valence-electron chi connectivity index (χ1n) is 6.45. The van der Waals surface area contributed by atoms with Crippen LogP contribution in [-0.4, -0.2) is 15.3 Å². The molecule has 0 saturated heterocycles. The number of benzene rings is 1. The lowest BCUT2D eigenvalue weighted by atomic mass is 9.83. The number of allylic oxidation sites excluding steroid dienone is 1. The molecule has 2 heterocycles. The maximum atomic E-state index is 13.3. The number of halogens is 4. The van der Waals surface area contributed by atoms with Gasteiger partial charge in [-0.05, 0) is 18.2 Å². The van der Waals surface area contributed by atoms with Gasteiger partial charge in [0, 0.05) is 10.6 Å². The van der Waals surface area contributed by atoms with E-state index < -0.39 is 35.1 Å². The SMILES string of the molecule is N#CC1=C(N)Oc2n[nH]c(C(F)(F)F)c2[C@@H]1c1cc(Cl)ccc1O. The van der Waals surface area contributed by atoms with Crippen molar-refractivity contribution < 1.29 is 23.0 Å². The number of nitrogens with two attached hydrogens (primary N) is 1. The maximum absolute atomic E-state index is 13.3. The monoisotopic (exact) mass is 356 g/mol. The van der Waals surface area contributed by atoms with Gasteiger partial charge in [-0.3, -0.25) is 5.10 Å². The van der Waals surface area contributed by atoms with E-state index in [1.165, 1.54) is 18.2 Å². The molecule has 1 aliphatic heterocycles. The van der Waals surface area contributed by atoms with Crippen LogP contribution in [0.1, 0.15) is 22.7 Å². The number of hydrogen-bond acceptors (Lipinski definition) is 5. The molecular weight excluding hydrogens is 349 g/mol. The number of phenolic OH excluding ortho intramolecular Hbond substituents is 1. The molecule has 1 aliphatic rings. The number of ether oxygens (including phenoxy) is 1. The number of phenols is 1. The van der Waals surface area contributed by atoms with Gasteiger partial charge >= 0.3 is 6.18 Å². The number of nitrogens with zero attached hydrogens (tertiary/aromatic N) is 2. The Kier molecular flexibility index (Phi) is 3.57. The van der Waals surface area contributed by atoms with E-state index >= 15 is 0 Å². The van der Waals surface area contributed by atoms with Gasteiger partial charge in [-0.1, -0.05) is 11.6 Å². The lowest BCUT2D eigenvalue weighted by molar-refractivity contribution is -0.141. The van der Waals surface area contributed by atoms with Crippen LogP contribution < -0.4 is 10.5 Å². The minimum absolute atomic E-state index is 0.0153. The van der Waals surface area contributed by atoms with E-state index in [1.807, 2.05) is 5.10 Å². The second-order valence-corrected chi connectivity index (χ2v) is 5.38. The number of aromatic hydroxyl groups is 1. The number of rotatable bonds is 1. The molecule has 0 saturated carbocycles. The van der Waals surface area contributed by atoms with E-state index in [0.717, 1.165) is 0 Å². The molecule has 0 radical (unpaired) electrons. The second kappa shape index (κ2) is 5.35. The third-order valence-corrected chi connectivity index (χ3v) is 3.76. The predicted molar refractivity (Wildman–Crippen MR) is 76.0 cm³/mol. The van der Waals surface area contributed by atoms with Crippen LogP contribution in [0.2, 0.25) is 5.02 Å². The van der Waals surface area contributed by atoms with Crippen LogP contribution in [0.4, 0.5) is 13.2 Å². The molecule has 2 aromatic rings. The minimum atomic E-state index is -4.77. The number of nitrogens with one attached hydrogen (secondary N) is 1. The Bertz CT molecular complexity index is 898. The summed E-state index contributed by atoms with van der Waals surface area (Å²) in [6.07, 6.45) is -4.77. The molecule has 1 aromatic heterocycles. The molecule has 0 amide bonds. The molecule has 24 heavy (non-hydrogen) atoms. The van der Waals surface area contributed by atoms with E-state index in [0.29, 0.717) is 0 Å². The summed E-state index contributed by atoms with van der Waals surface area (Å²) >= 11 is 5.88.